The minimum Gasteiger partial charge on any atom is -0.460 e. The van der Waals surface area contributed by atoms with Crippen LogP contribution in [0.3, 0.4) is 0 Å². The zero-order valence-corrected chi connectivity index (χ0v) is 14.3. The van der Waals surface area contributed by atoms with Crippen molar-refractivity contribution >= 4 is 17.5 Å². The summed E-state index contributed by atoms with van der Waals surface area (Å²) in [5.74, 6) is 1.55. The molecule has 0 aliphatic rings. The quantitative estimate of drug-likeness (QED) is 0.672. The second kappa shape index (κ2) is 8.10. The molecule has 0 unspecified atom stereocenters. The van der Waals surface area contributed by atoms with Gasteiger partial charge in [0.2, 0.25) is 0 Å². The maximum absolute atomic E-state index is 11.1. The standard InChI is InChI=1S/C18H21N3O3/c1-12-8-9-17(24-12)14(3)21-20-13(2)16-7-5-6-15(10-16)11-19-18(22)23-4/h5-10H,11H2,1-4H3,(H,19,22). The molecule has 2 aromatic rings. The van der Waals surface area contributed by atoms with Crippen LogP contribution in [-0.2, 0) is 11.3 Å². The van der Waals surface area contributed by atoms with Crippen molar-refractivity contribution in [3.8, 4) is 0 Å². The van der Waals surface area contributed by atoms with Crippen molar-refractivity contribution in [2.45, 2.75) is 27.3 Å². The van der Waals surface area contributed by atoms with Gasteiger partial charge in [0.05, 0.1) is 12.8 Å². The van der Waals surface area contributed by atoms with Gasteiger partial charge in [0.15, 0.2) is 0 Å². The summed E-state index contributed by atoms with van der Waals surface area (Å²) in [7, 11) is 1.34. The van der Waals surface area contributed by atoms with E-state index in [4.69, 9.17) is 4.42 Å². The van der Waals surface area contributed by atoms with E-state index in [1.54, 1.807) is 0 Å². The zero-order chi connectivity index (χ0) is 17.5. The SMILES string of the molecule is COC(=O)NCc1cccc(C(C)=NN=C(C)c2ccc(C)o2)c1. The normalized spacial score (nSPS) is 12.2. The van der Waals surface area contributed by atoms with Gasteiger partial charge in [-0.1, -0.05) is 18.2 Å². The fraction of sp³-hybridized carbons (Fsp3) is 0.278. The number of benzene rings is 1. The molecule has 1 heterocycles. The highest BCUT2D eigenvalue weighted by Gasteiger charge is 2.04. The molecule has 0 aliphatic carbocycles. The fourth-order valence-electron chi connectivity index (χ4n) is 2.04. The summed E-state index contributed by atoms with van der Waals surface area (Å²) in [5, 5.41) is 11.1. The minimum atomic E-state index is -0.459. The van der Waals surface area contributed by atoms with E-state index >= 15 is 0 Å². The average Bonchev–Trinajstić information content (AvgIpc) is 3.04. The molecule has 1 aromatic heterocycles. The van der Waals surface area contributed by atoms with Gasteiger partial charge in [-0.15, -0.1) is 0 Å². The lowest BCUT2D eigenvalue weighted by Crippen LogP contribution is -2.22. The van der Waals surface area contributed by atoms with E-state index in [0.29, 0.717) is 18.0 Å². The number of methoxy groups -OCH3 is 1. The van der Waals surface area contributed by atoms with Gasteiger partial charge in [0.25, 0.3) is 0 Å². The second-order valence-corrected chi connectivity index (χ2v) is 5.33. The van der Waals surface area contributed by atoms with Crippen LogP contribution in [0.15, 0.2) is 51.0 Å². The number of carbonyl (C=O) groups is 1. The lowest BCUT2D eigenvalue weighted by atomic mass is 10.1. The fourth-order valence-corrected chi connectivity index (χ4v) is 2.04. The van der Waals surface area contributed by atoms with Gasteiger partial charge in [-0.2, -0.15) is 10.2 Å². The van der Waals surface area contributed by atoms with E-state index in [9.17, 15) is 4.79 Å². The smallest absolute Gasteiger partial charge is 0.407 e. The molecule has 2 rings (SSSR count). The van der Waals surface area contributed by atoms with Crippen LogP contribution in [0.25, 0.3) is 0 Å². The summed E-state index contributed by atoms with van der Waals surface area (Å²) in [5.41, 5.74) is 3.38. The van der Waals surface area contributed by atoms with Crippen LogP contribution in [0.5, 0.6) is 0 Å². The van der Waals surface area contributed by atoms with Crippen LogP contribution in [0.1, 0.15) is 36.5 Å². The number of nitrogens with one attached hydrogen (secondary N) is 1. The summed E-state index contributed by atoms with van der Waals surface area (Å²) in [6.45, 7) is 6.02. The van der Waals surface area contributed by atoms with E-state index in [-0.39, 0.29) is 0 Å². The third-order valence-corrected chi connectivity index (χ3v) is 3.41. The molecule has 1 aromatic carbocycles. The van der Waals surface area contributed by atoms with E-state index in [1.165, 1.54) is 7.11 Å². The Morgan fingerprint density at radius 1 is 1.17 bits per heavy atom. The summed E-state index contributed by atoms with van der Waals surface area (Å²) in [6, 6.07) is 11.5. The van der Waals surface area contributed by atoms with Crippen LogP contribution in [0.4, 0.5) is 4.79 Å². The molecule has 1 N–H and O–H groups in total. The Morgan fingerprint density at radius 2 is 1.92 bits per heavy atom. The maximum Gasteiger partial charge on any atom is 0.407 e. The number of hydrogen-bond donors (Lipinski definition) is 1. The first-order valence-electron chi connectivity index (χ1n) is 7.56. The number of alkyl carbamates (subject to hydrolysis) is 1. The van der Waals surface area contributed by atoms with E-state index in [2.05, 4.69) is 20.3 Å². The third-order valence-electron chi connectivity index (χ3n) is 3.41. The van der Waals surface area contributed by atoms with Gasteiger partial charge in [-0.25, -0.2) is 4.79 Å². The summed E-state index contributed by atoms with van der Waals surface area (Å²) in [6.07, 6.45) is -0.459. The van der Waals surface area contributed by atoms with Crippen LogP contribution in [0.2, 0.25) is 0 Å². The number of hydrogen-bond acceptors (Lipinski definition) is 5. The molecule has 0 saturated carbocycles. The molecular formula is C18H21N3O3. The number of nitrogens with zero attached hydrogens (tertiary/aromatic N) is 2. The molecule has 0 aliphatic heterocycles. The molecule has 0 fully saturated rings. The highest BCUT2D eigenvalue weighted by Crippen LogP contribution is 2.10. The van der Waals surface area contributed by atoms with Crippen molar-refractivity contribution in [1.82, 2.24) is 5.32 Å². The molecule has 6 heteroatoms. The van der Waals surface area contributed by atoms with Crippen LogP contribution < -0.4 is 5.32 Å². The molecule has 1 amide bonds. The monoisotopic (exact) mass is 327 g/mol. The molecule has 0 radical (unpaired) electrons. The van der Waals surface area contributed by atoms with Gasteiger partial charge in [-0.3, -0.25) is 0 Å². The highest BCUT2D eigenvalue weighted by molar-refractivity contribution is 6.00. The average molecular weight is 327 g/mol. The predicted octanol–water partition coefficient (Wildman–Crippen LogP) is 3.68. The van der Waals surface area contributed by atoms with Crippen molar-refractivity contribution in [2.75, 3.05) is 7.11 Å². The summed E-state index contributed by atoms with van der Waals surface area (Å²) < 4.78 is 10.1. The van der Waals surface area contributed by atoms with Gasteiger partial charge in [-0.05, 0) is 50.1 Å². The minimum absolute atomic E-state index is 0.391. The Balaban J connectivity index is 2.11. The molecule has 6 nitrogen and oxygen atoms in total. The maximum atomic E-state index is 11.1. The lowest BCUT2D eigenvalue weighted by molar-refractivity contribution is 0.170. The highest BCUT2D eigenvalue weighted by atomic mass is 16.5. The molecule has 0 spiro atoms. The number of furan rings is 1. The van der Waals surface area contributed by atoms with E-state index in [0.717, 1.165) is 22.6 Å². The van der Waals surface area contributed by atoms with Crippen molar-refractivity contribution in [1.29, 1.82) is 0 Å². The molecule has 0 bridgehead atoms. The number of amides is 1. The Morgan fingerprint density at radius 3 is 2.58 bits per heavy atom. The zero-order valence-electron chi connectivity index (χ0n) is 14.3. The van der Waals surface area contributed by atoms with Crippen molar-refractivity contribution in [3.63, 3.8) is 0 Å². The Bertz CT molecular complexity index is 775. The Kier molecular flexibility index (Phi) is 5.89. The van der Waals surface area contributed by atoms with Crippen LogP contribution >= 0.6 is 0 Å². The van der Waals surface area contributed by atoms with Gasteiger partial charge < -0.3 is 14.5 Å². The summed E-state index contributed by atoms with van der Waals surface area (Å²) >= 11 is 0. The Hall–Kier alpha value is -2.89. The number of carbonyl (C=O) groups excluding carboxylic acids is 1. The van der Waals surface area contributed by atoms with Gasteiger partial charge in [0.1, 0.15) is 17.2 Å². The van der Waals surface area contributed by atoms with Crippen molar-refractivity contribution < 1.29 is 13.9 Å². The second-order valence-electron chi connectivity index (χ2n) is 5.33. The summed E-state index contributed by atoms with van der Waals surface area (Å²) in [4.78, 5) is 11.1. The van der Waals surface area contributed by atoms with Gasteiger partial charge >= 0.3 is 6.09 Å². The lowest BCUT2D eigenvalue weighted by Gasteiger charge is -2.06. The van der Waals surface area contributed by atoms with Crippen LogP contribution in [-0.4, -0.2) is 24.6 Å². The number of aryl methyl sites for hydroxylation is 1. The number of ether oxygens (including phenoxy) is 1. The molecule has 24 heavy (non-hydrogen) atoms. The largest absolute Gasteiger partial charge is 0.460 e. The third kappa shape index (κ3) is 4.81. The Labute approximate surface area is 141 Å². The number of rotatable bonds is 5. The van der Waals surface area contributed by atoms with Crippen molar-refractivity contribution in [3.05, 3.63) is 59.0 Å². The van der Waals surface area contributed by atoms with Crippen LogP contribution in [0, 0.1) is 6.92 Å². The first kappa shape index (κ1) is 17.5. The van der Waals surface area contributed by atoms with E-state index in [1.807, 2.05) is 57.2 Å². The van der Waals surface area contributed by atoms with E-state index < -0.39 is 6.09 Å². The topological polar surface area (TPSA) is 76.2 Å². The predicted molar refractivity (Wildman–Crippen MR) is 93.6 cm³/mol. The molecule has 126 valence electrons. The van der Waals surface area contributed by atoms with Gasteiger partial charge in [0, 0.05) is 6.54 Å². The molecular weight excluding hydrogens is 306 g/mol. The molecule has 0 saturated heterocycles. The molecule has 0 atom stereocenters. The van der Waals surface area contributed by atoms with Crippen molar-refractivity contribution in [2.24, 2.45) is 10.2 Å². The first-order valence-corrected chi connectivity index (χ1v) is 7.56. The first-order chi connectivity index (χ1) is 11.5.